The van der Waals surface area contributed by atoms with E-state index in [1.165, 1.54) is 19.3 Å². The molecular weight excluding hydrogens is 268 g/mol. The van der Waals surface area contributed by atoms with Crippen molar-refractivity contribution < 1.29 is 4.74 Å². The maximum Gasteiger partial charge on any atom is 0.322 e. The number of ether oxygens (including phenoxy) is 1. The molecule has 0 radical (unpaired) electrons. The predicted octanol–water partition coefficient (Wildman–Crippen LogP) is 1.35. The molecule has 0 spiro atoms. The molecular formula is C14H24N6O. The van der Waals surface area contributed by atoms with Gasteiger partial charge in [0.2, 0.25) is 11.9 Å². The average Bonchev–Trinajstić information content (AvgIpc) is 2.48. The summed E-state index contributed by atoms with van der Waals surface area (Å²) in [4.78, 5) is 15.3. The third-order valence-electron chi connectivity index (χ3n) is 4.69. The van der Waals surface area contributed by atoms with E-state index in [1.54, 1.807) is 14.2 Å². The summed E-state index contributed by atoms with van der Waals surface area (Å²) >= 11 is 0. The Hall–Kier alpha value is -1.63. The van der Waals surface area contributed by atoms with Gasteiger partial charge in [-0.3, -0.25) is 0 Å². The van der Waals surface area contributed by atoms with Gasteiger partial charge in [-0.05, 0) is 32.7 Å². The number of rotatable bonds is 4. The lowest BCUT2D eigenvalue weighted by Crippen LogP contribution is -2.52. The van der Waals surface area contributed by atoms with Crippen LogP contribution in [-0.4, -0.2) is 59.2 Å². The molecule has 1 aromatic rings. The van der Waals surface area contributed by atoms with Crippen LogP contribution in [0.25, 0.3) is 0 Å². The maximum atomic E-state index is 5.13. The van der Waals surface area contributed by atoms with Crippen LogP contribution in [0.1, 0.15) is 32.1 Å². The standard InChI is InChI=1S/C14H24N6O/c1-15-12-17-13(19-14(18-12)21-3)16-9-7-10-5-4-6-11(8-9)20(10)2/h9-11H,4-8H2,1-3H3,(H2,15,16,17,18,19). The van der Waals surface area contributed by atoms with E-state index in [1.807, 2.05) is 0 Å². The summed E-state index contributed by atoms with van der Waals surface area (Å²) in [6.07, 6.45) is 6.25. The van der Waals surface area contributed by atoms with Crippen LogP contribution >= 0.6 is 0 Å². The fourth-order valence-corrected chi connectivity index (χ4v) is 3.54. The van der Waals surface area contributed by atoms with Crippen LogP contribution in [0.3, 0.4) is 0 Å². The van der Waals surface area contributed by atoms with Crippen molar-refractivity contribution in [3.05, 3.63) is 0 Å². The number of piperidine rings is 2. The van der Waals surface area contributed by atoms with E-state index in [0.29, 0.717) is 36.0 Å². The molecule has 116 valence electrons. The zero-order valence-corrected chi connectivity index (χ0v) is 13.0. The number of fused-ring (bicyclic) bond motifs is 2. The monoisotopic (exact) mass is 292 g/mol. The Bertz CT molecular complexity index is 460. The number of methoxy groups -OCH3 is 1. The molecule has 2 atom stereocenters. The summed E-state index contributed by atoms with van der Waals surface area (Å²) < 4.78 is 5.13. The van der Waals surface area contributed by atoms with E-state index in [-0.39, 0.29) is 0 Å². The topological polar surface area (TPSA) is 75.2 Å². The van der Waals surface area contributed by atoms with Gasteiger partial charge < -0.3 is 20.3 Å². The minimum Gasteiger partial charge on any atom is -0.467 e. The van der Waals surface area contributed by atoms with Crippen molar-refractivity contribution >= 4 is 11.9 Å². The molecule has 2 N–H and O–H groups in total. The molecule has 0 aromatic carbocycles. The molecule has 2 unspecified atom stereocenters. The van der Waals surface area contributed by atoms with Gasteiger partial charge in [0.1, 0.15) is 0 Å². The number of hydrogen-bond donors (Lipinski definition) is 2. The molecule has 3 rings (SSSR count). The fourth-order valence-electron chi connectivity index (χ4n) is 3.54. The van der Waals surface area contributed by atoms with Crippen molar-refractivity contribution in [2.24, 2.45) is 0 Å². The summed E-state index contributed by atoms with van der Waals surface area (Å²) in [6, 6.07) is 2.13. The highest BCUT2D eigenvalue weighted by atomic mass is 16.5. The van der Waals surface area contributed by atoms with Gasteiger partial charge in [-0.15, -0.1) is 0 Å². The largest absolute Gasteiger partial charge is 0.467 e. The van der Waals surface area contributed by atoms with E-state index >= 15 is 0 Å². The summed E-state index contributed by atoms with van der Waals surface area (Å²) in [5, 5.41) is 6.41. The van der Waals surface area contributed by atoms with Crippen molar-refractivity contribution in [3.63, 3.8) is 0 Å². The van der Waals surface area contributed by atoms with Crippen molar-refractivity contribution in [3.8, 4) is 6.01 Å². The quantitative estimate of drug-likeness (QED) is 0.867. The van der Waals surface area contributed by atoms with Gasteiger partial charge in [-0.1, -0.05) is 6.42 Å². The molecule has 2 fully saturated rings. The van der Waals surface area contributed by atoms with Gasteiger partial charge in [0.15, 0.2) is 0 Å². The number of nitrogens with zero attached hydrogens (tertiary/aromatic N) is 4. The second-order valence-corrected chi connectivity index (χ2v) is 5.94. The third kappa shape index (κ3) is 3.02. The van der Waals surface area contributed by atoms with Crippen molar-refractivity contribution in [2.75, 3.05) is 31.8 Å². The molecule has 3 heterocycles. The van der Waals surface area contributed by atoms with Gasteiger partial charge in [0.25, 0.3) is 0 Å². The highest BCUT2D eigenvalue weighted by Crippen LogP contribution is 2.33. The maximum absolute atomic E-state index is 5.13. The highest BCUT2D eigenvalue weighted by Gasteiger charge is 2.36. The van der Waals surface area contributed by atoms with E-state index in [0.717, 1.165) is 12.8 Å². The summed E-state index contributed by atoms with van der Waals surface area (Å²) in [7, 11) is 5.62. The SMILES string of the molecule is CNc1nc(NC2CC3CCCC(C2)N3C)nc(OC)n1. The number of anilines is 2. The zero-order valence-electron chi connectivity index (χ0n) is 13.0. The van der Waals surface area contributed by atoms with Gasteiger partial charge in [-0.25, -0.2) is 0 Å². The molecule has 1 aromatic heterocycles. The van der Waals surface area contributed by atoms with Crippen LogP contribution < -0.4 is 15.4 Å². The van der Waals surface area contributed by atoms with E-state index in [2.05, 4.69) is 37.5 Å². The van der Waals surface area contributed by atoms with Gasteiger partial charge >= 0.3 is 6.01 Å². The molecule has 2 aliphatic heterocycles. The highest BCUT2D eigenvalue weighted by molar-refractivity contribution is 5.36. The molecule has 0 amide bonds. The molecule has 2 saturated heterocycles. The van der Waals surface area contributed by atoms with Crippen LogP contribution in [0.15, 0.2) is 0 Å². The molecule has 2 bridgehead atoms. The second kappa shape index (κ2) is 6.01. The van der Waals surface area contributed by atoms with Crippen LogP contribution in [0, 0.1) is 0 Å². The first-order valence-corrected chi connectivity index (χ1v) is 7.66. The lowest BCUT2D eigenvalue weighted by atomic mass is 9.82. The van der Waals surface area contributed by atoms with E-state index in [4.69, 9.17) is 4.74 Å². The number of hydrogen-bond acceptors (Lipinski definition) is 7. The molecule has 0 saturated carbocycles. The van der Waals surface area contributed by atoms with Crippen LogP contribution in [-0.2, 0) is 0 Å². The molecule has 7 nitrogen and oxygen atoms in total. The second-order valence-electron chi connectivity index (χ2n) is 5.94. The van der Waals surface area contributed by atoms with E-state index in [9.17, 15) is 0 Å². The van der Waals surface area contributed by atoms with Gasteiger partial charge in [-0.2, -0.15) is 15.0 Å². The van der Waals surface area contributed by atoms with Crippen molar-refractivity contribution in [1.29, 1.82) is 0 Å². The number of aromatic nitrogens is 3. The molecule has 21 heavy (non-hydrogen) atoms. The van der Waals surface area contributed by atoms with Crippen molar-refractivity contribution in [1.82, 2.24) is 19.9 Å². The average molecular weight is 292 g/mol. The first kappa shape index (κ1) is 14.3. The van der Waals surface area contributed by atoms with Gasteiger partial charge in [0, 0.05) is 25.2 Å². The predicted molar refractivity (Wildman–Crippen MR) is 81.8 cm³/mol. The summed E-state index contributed by atoms with van der Waals surface area (Å²) in [6.45, 7) is 0. The Morgan fingerprint density at radius 1 is 1.10 bits per heavy atom. The Morgan fingerprint density at radius 3 is 2.38 bits per heavy atom. The smallest absolute Gasteiger partial charge is 0.322 e. The van der Waals surface area contributed by atoms with Crippen LogP contribution in [0.4, 0.5) is 11.9 Å². The lowest BCUT2D eigenvalue weighted by Gasteiger charge is -2.47. The zero-order chi connectivity index (χ0) is 14.8. The Labute approximate surface area is 125 Å². The fraction of sp³-hybridized carbons (Fsp3) is 0.786. The van der Waals surface area contributed by atoms with Crippen molar-refractivity contribution in [2.45, 2.75) is 50.2 Å². The first-order valence-electron chi connectivity index (χ1n) is 7.66. The Morgan fingerprint density at radius 2 is 1.76 bits per heavy atom. The minimum atomic E-state index is 0.338. The summed E-state index contributed by atoms with van der Waals surface area (Å²) in [5.74, 6) is 1.12. The third-order valence-corrected chi connectivity index (χ3v) is 4.69. The molecule has 0 aliphatic carbocycles. The molecule has 2 aliphatic rings. The van der Waals surface area contributed by atoms with Crippen LogP contribution in [0.2, 0.25) is 0 Å². The van der Waals surface area contributed by atoms with E-state index < -0.39 is 0 Å². The van der Waals surface area contributed by atoms with Gasteiger partial charge in [0.05, 0.1) is 7.11 Å². The summed E-state index contributed by atoms with van der Waals surface area (Å²) in [5.41, 5.74) is 0. The minimum absolute atomic E-state index is 0.338. The first-order chi connectivity index (χ1) is 10.2. The Kier molecular flexibility index (Phi) is 4.10. The number of nitrogens with one attached hydrogen (secondary N) is 2. The normalized spacial score (nSPS) is 29.0. The molecule has 7 heteroatoms. The lowest BCUT2D eigenvalue weighted by molar-refractivity contribution is 0.0607. The van der Waals surface area contributed by atoms with Crippen LogP contribution in [0.5, 0.6) is 6.01 Å². The Balaban J connectivity index is 1.72.